The van der Waals surface area contributed by atoms with Gasteiger partial charge >= 0.3 is 0 Å². The maximum Gasteiger partial charge on any atom is 0.255 e. The van der Waals surface area contributed by atoms with E-state index in [2.05, 4.69) is 5.32 Å². The summed E-state index contributed by atoms with van der Waals surface area (Å²) in [6, 6.07) is 10.2. The summed E-state index contributed by atoms with van der Waals surface area (Å²) in [4.78, 5) is 12.5. The molecule has 128 valence electrons. The Labute approximate surface area is 146 Å². The number of halogens is 1. The fourth-order valence-electron chi connectivity index (χ4n) is 2.33. The molecule has 0 aromatic heterocycles. The summed E-state index contributed by atoms with van der Waals surface area (Å²) in [7, 11) is 4.65. The number of benzene rings is 2. The van der Waals surface area contributed by atoms with E-state index < -0.39 is 0 Å². The van der Waals surface area contributed by atoms with Crippen LogP contribution < -0.4 is 19.5 Å². The number of rotatable bonds is 6. The zero-order valence-corrected chi connectivity index (χ0v) is 14.8. The smallest absolute Gasteiger partial charge is 0.255 e. The molecule has 0 bridgehead atoms. The summed E-state index contributed by atoms with van der Waals surface area (Å²) < 4.78 is 15.7. The number of amides is 1. The quantitative estimate of drug-likeness (QED) is 0.860. The van der Waals surface area contributed by atoms with Crippen molar-refractivity contribution >= 4 is 17.5 Å². The molecule has 0 aliphatic rings. The molecule has 2 aromatic carbocycles. The van der Waals surface area contributed by atoms with Crippen LogP contribution in [-0.2, 0) is 0 Å². The fraction of sp³-hybridized carbons (Fsp3) is 0.278. The van der Waals surface area contributed by atoms with E-state index in [0.717, 1.165) is 5.56 Å². The van der Waals surface area contributed by atoms with Gasteiger partial charge < -0.3 is 19.5 Å². The van der Waals surface area contributed by atoms with Gasteiger partial charge in [-0.25, -0.2) is 0 Å². The molecule has 0 spiro atoms. The normalized spacial score (nSPS) is 11.5. The number of ether oxygens (including phenoxy) is 3. The van der Waals surface area contributed by atoms with Crippen LogP contribution in [0.4, 0.5) is 0 Å². The topological polar surface area (TPSA) is 56.8 Å². The molecule has 2 rings (SSSR count). The highest BCUT2D eigenvalue weighted by molar-refractivity contribution is 6.30. The lowest BCUT2D eigenvalue weighted by atomic mass is 10.1. The highest BCUT2D eigenvalue weighted by Crippen LogP contribution is 2.30. The summed E-state index contributed by atoms with van der Waals surface area (Å²) in [6.07, 6.45) is 0. The number of hydrogen-bond acceptors (Lipinski definition) is 4. The highest BCUT2D eigenvalue weighted by atomic mass is 35.5. The van der Waals surface area contributed by atoms with Gasteiger partial charge in [-0.15, -0.1) is 0 Å². The minimum atomic E-state index is -0.245. The molecule has 1 amide bonds. The molecule has 1 N–H and O–H groups in total. The summed E-state index contributed by atoms with van der Waals surface area (Å²) >= 11 is 5.93. The molecule has 6 heteroatoms. The van der Waals surface area contributed by atoms with Gasteiger partial charge in [-0.1, -0.05) is 17.7 Å². The molecule has 1 atom stereocenters. The van der Waals surface area contributed by atoms with Gasteiger partial charge in [0.2, 0.25) is 0 Å². The first-order valence-corrected chi connectivity index (χ1v) is 7.74. The standard InChI is InChI=1S/C18H20ClNO4/c1-11(12-5-8-15(22-2)17(9-12)24-4)20-18(21)14-7-6-13(19)10-16(14)23-3/h5-11H,1-4H3,(H,20,21)/t11-/m0/s1. The van der Waals surface area contributed by atoms with Crippen molar-refractivity contribution in [2.45, 2.75) is 13.0 Å². The lowest BCUT2D eigenvalue weighted by Crippen LogP contribution is -2.27. The fourth-order valence-corrected chi connectivity index (χ4v) is 2.49. The van der Waals surface area contributed by atoms with Gasteiger partial charge in [-0.3, -0.25) is 4.79 Å². The third-order valence-corrected chi connectivity index (χ3v) is 3.90. The van der Waals surface area contributed by atoms with E-state index in [1.54, 1.807) is 38.5 Å². The van der Waals surface area contributed by atoms with Crippen molar-refractivity contribution in [3.05, 3.63) is 52.5 Å². The van der Waals surface area contributed by atoms with Crippen molar-refractivity contribution in [2.24, 2.45) is 0 Å². The zero-order valence-electron chi connectivity index (χ0n) is 14.1. The summed E-state index contributed by atoms with van der Waals surface area (Å²) in [5.41, 5.74) is 1.32. The third-order valence-electron chi connectivity index (χ3n) is 3.66. The molecular weight excluding hydrogens is 330 g/mol. The Morgan fingerprint density at radius 3 is 2.25 bits per heavy atom. The van der Waals surface area contributed by atoms with Crippen LogP contribution in [0.1, 0.15) is 28.9 Å². The van der Waals surface area contributed by atoms with E-state index in [1.807, 2.05) is 19.1 Å². The molecule has 0 heterocycles. The molecule has 2 aromatic rings. The van der Waals surface area contributed by atoms with E-state index in [-0.39, 0.29) is 11.9 Å². The number of hydrogen-bond donors (Lipinski definition) is 1. The molecule has 0 saturated heterocycles. The van der Waals surface area contributed by atoms with Crippen LogP contribution in [0.5, 0.6) is 17.2 Å². The second-order valence-electron chi connectivity index (χ2n) is 5.15. The van der Waals surface area contributed by atoms with Gasteiger partial charge in [-0.2, -0.15) is 0 Å². The third kappa shape index (κ3) is 3.92. The molecule has 24 heavy (non-hydrogen) atoms. The van der Waals surface area contributed by atoms with Gasteiger partial charge in [-0.05, 0) is 42.8 Å². The van der Waals surface area contributed by atoms with E-state index in [9.17, 15) is 4.79 Å². The van der Waals surface area contributed by atoms with E-state index >= 15 is 0 Å². The largest absolute Gasteiger partial charge is 0.496 e. The molecule has 0 fully saturated rings. The van der Waals surface area contributed by atoms with Gasteiger partial charge in [0.15, 0.2) is 11.5 Å². The van der Waals surface area contributed by atoms with E-state index in [4.69, 9.17) is 25.8 Å². The number of carbonyl (C=O) groups excluding carboxylic acids is 1. The van der Waals surface area contributed by atoms with Crippen LogP contribution in [0.15, 0.2) is 36.4 Å². The van der Waals surface area contributed by atoms with Crippen molar-refractivity contribution in [1.82, 2.24) is 5.32 Å². The van der Waals surface area contributed by atoms with Crippen LogP contribution in [0.25, 0.3) is 0 Å². The van der Waals surface area contributed by atoms with Crippen LogP contribution in [-0.4, -0.2) is 27.2 Å². The van der Waals surface area contributed by atoms with Crippen molar-refractivity contribution in [3.63, 3.8) is 0 Å². The molecule has 0 aliphatic carbocycles. The maximum absolute atomic E-state index is 12.5. The Kier molecular flexibility index (Phi) is 5.93. The van der Waals surface area contributed by atoms with Crippen molar-refractivity contribution in [3.8, 4) is 17.2 Å². The molecular formula is C18H20ClNO4. The highest BCUT2D eigenvalue weighted by Gasteiger charge is 2.17. The van der Waals surface area contributed by atoms with E-state index in [1.165, 1.54) is 7.11 Å². The second-order valence-corrected chi connectivity index (χ2v) is 5.59. The lowest BCUT2D eigenvalue weighted by Gasteiger charge is -2.17. The first-order valence-electron chi connectivity index (χ1n) is 7.36. The molecule has 0 aliphatic heterocycles. The van der Waals surface area contributed by atoms with Gasteiger partial charge in [0.1, 0.15) is 5.75 Å². The predicted octanol–water partition coefficient (Wildman–Crippen LogP) is 3.86. The minimum absolute atomic E-state index is 0.224. The zero-order chi connectivity index (χ0) is 17.7. The Morgan fingerprint density at radius 2 is 1.62 bits per heavy atom. The number of carbonyl (C=O) groups is 1. The Hall–Kier alpha value is -2.40. The monoisotopic (exact) mass is 349 g/mol. The SMILES string of the molecule is COc1ccc([C@H](C)NC(=O)c2ccc(Cl)cc2OC)cc1OC. The predicted molar refractivity (Wildman–Crippen MR) is 93.4 cm³/mol. The Balaban J connectivity index is 2.20. The van der Waals surface area contributed by atoms with Crippen molar-refractivity contribution in [1.29, 1.82) is 0 Å². The van der Waals surface area contributed by atoms with Crippen LogP contribution >= 0.6 is 11.6 Å². The average Bonchev–Trinajstić information content (AvgIpc) is 2.60. The maximum atomic E-state index is 12.5. The first-order chi connectivity index (χ1) is 11.5. The van der Waals surface area contributed by atoms with Crippen LogP contribution in [0, 0.1) is 0 Å². The first kappa shape index (κ1) is 17.9. The molecule has 0 saturated carbocycles. The van der Waals surface area contributed by atoms with Crippen molar-refractivity contribution < 1.29 is 19.0 Å². The molecule has 5 nitrogen and oxygen atoms in total. The van der Waals surface area contributed by atoms with Gasteiger partial charge in [0.25, 0.3) is 5.91 Å². The summed E-state index contributed by atoms with van der Waals surface area (Å²) in [6.45, 7) is 1.89. The van der Waals surface area contributed by atoms with Gasteiger partial charge in [0.05, 0.1) is 32.9 Å². The van der Waals surface area contributed by atoms with E-state index in [0.29, 0.717) is 27.8 Å². The minimum Gasteiger partial charge on any atom is -0.496 e. The van der Waals surface area contributed by atoms with Crippen molar-refractivity contribution in [2.75, 3.05) is 21.3 Å². The Morgan fingerprint density at radius 1 is 0.958 bits per heavy atom. The lowest BCUT2D eigenvalue weighted by molar-refractivity contribution is 0.0937. The average molecular weight is 350 g/mol. The Bertz CT molecular complexity index is 733. The van der Waals surface area contributed by atoms with Crippen LogP contribution in [0.3, 0.4) is 0 Å². The molecule has 0 radical (unpaired) electrons. The number of methoxy groups -OCH3 is 3. The number of nitrogens with one attached hydrogen (secondary N) is 1. The molecule has 0 unspecified atom stereocenters. The second kappa shape index (κ2) is 7.93. The summed E-state index contributed by atoms with van der Waals surface area (Å²) in [5.74, 6) is 1.43. The van der Waals surface area contributed by atoms with Crippen LogP contribution in [0.2, 0.25) is 5.02 Å². The summed E-state index contributed by atoms with van der Waals surface area (Å²) in [5, 5.41) is 3.45. The van der Waals surface area contributed by atoms with Gasteiger partial charge in [0, 0.05) is 5.02 Å².